The molecule has 0 radical (unpaired) electrons. The van der Waals surface area contributed by atoms with Crippen molar-refractivity contribution in [3.05, 3.63) is 29.1 Å². The average molecular weight is 656 g/mol. The van der Waals surface area contributed by atoms with Crippen LogP contribution in [0.15, 0.2) is 0 Å². The topological polar surface area (TPSA) is 153 Å². The maximum atomic E-state index is 14.0. The molecule has 0 aliphatic carbocycles. The molecule has 1 aromatic carbocycles. The SMILES string of the molecule is CC(=O)N[C@H]1[C@H](OCCCCC(=O)C(C)(C)Oc2c(F)c(F)c(F)c(F)c2F)O[C@H](COC(C)=O)[C@H](OC(C)=O)[C@@H]1OC(C)=O. The van der Waals surface area contributed by atoms with E-state index in [0.29, 0.717) is 0 Å². The number of benzene rings is 1. The summed E-state index contributed by atoms with van der Waals surface area (Å²) in [6.45, 7) is 6.05. The van der Waals surface area contributed by atoms with Crippen LogP contribution in [0, 0.1) is 29.1 Å². The van der Waals surface area contributed by atoms with Crippen LogP contribution in [0.5, 0.6) is 5.75 Å². The van der Waals surface area contributed by atoms with E-state index >= 15 is 0 Å². The number of rotatable bonds is 14. The van der Waals surface area contributed by atoms with Crippen LogP contribution in [-0.2, 0) is 47.7 Å². The van der Waals surface area contributed by atoms with Crippen molar-refractivity contribution in [1.29, 1.82) is 0 Å². The first-order chi connectivity index (χ1) is 20.9. The highest BCUT2D eigenvalue weighted by molar-refractivity contribution is 5.86. The smallest absolute Gasteiger partial charge is 0.303 e. The third kappa shape index (κ3) is 10.1. The minimum absolute atomic E-state index is 0.0839. The Hall–Kier alpha value is -3.86. The lowest BCUT2D eigenvalue weighted by atomic mass is 9.96. The van der Waals surface area contributed by atoms with Gasteiger partial charge in [-0.3, -0.25) is 24.0 Å². The van der Waals surface area contributed by atoms with Crippen LogP contribution in [0.3, 0.4) is 0 Å². The van der Waals surface area contributed by atoms with Crippen molar-refractivity contribution in [2.24, 2.45) is 0 Å². The van der Waals surface area contributed by atoms with Gasteiger partial charge in [0.25, 0.3) is 0 Å². The van der Waals surface area contributed by atoms with Crippen molar-refractivity contribution < 1.29 is 74.3 Å². The fraction of sp³-hybridized carbons (Fsp3) is 0.607. The second kappa shape index (κ2) is 15.9. The third-order valence-corrected chi connectivity index (χ3v) is 6.35. The standard InChI is InChI=1S/C28H34F5NO11/c1-12(35)34-23-26(43-15(4)38)24(42-14(3)37)16(11-41-13(2)36)44-27(23)40-10-8-7-9-17(39)28(5,6)45-25-21(32)19(30)18(29)20(31)22(25)33/h16,23-24,26-27H,7-11H2,1-6H3,(H,34,35)/t16-,23-,24+,26-,27-/m1/s1. The molecule has 1 fully saturated rings. The van der Waals surface area contributed by atoms with Crippen molar-refractivity contribution in [3.8, 4) is 5.75 Å². The summed E-state index contributed by atoms with van der Waals surface area (Å²) in [5, 5.41) is 2.52. The lowest BCUT2D eigenvalue weighted by Crippen LogP contribution is -2.66. The number of carbonyl (C=O) groups is 5. The number of hydrogen-bond acceptors (Lipinski definition) is 11. The van der Waals surface area contributed by atoms with E-state index in [0.717, 1.165) is 41.5 Å². The van der Waals surface area contributed by atoms with Crippen molar-refractivity contribution in [1.82, 2.24) is 5.32 Å². The van der Waals surface area contributed by atoms with E-state index in [1.807, 2.05) is 0 Å². The maximum absolute atomic E-state index is 14.0. The molecule has 1 saturated heterocycles. The zero-order valence-electron chi connectivity index (χ0n) is 25.3. The molecule has 12 nitrogen and oxygen atoms in total. The summed E-state index contributed by atoms with van der Waals surface area (Å²) in [6, 6.07) is -1.21. The predicted octanol–water partition coefficient (Wildman–Crippen LogP) is 2.95. The molecule has 1 aliphatic rings. The van der Waals surface area contributed by atoms with Crippen LogP contribution >= 0.6 is 0 Å². The third-order valence-electron chi connectivity index (χ3n) is 6.35. The van der Waals surface area contributed by atoms with Gasteiger partial charge in [-0.1, -0.05) is 0 Å². The molecule has 1 heterocycles. The highest BCUT2D eigenvalue weighted by Gasteiger charge is 2.51. The van der Waals surface area contributed by atoms with Gasteiger partial charge in [0.05, 0.1) is 0 Å². The van der Waals surface area contributed by atoms with Gasteiger partial charge >= 0.3 is 17.9 Å². The van der Waals surface area contributed by atoms with E-state index in [4.69, 9.17) is 28.4 Å². The Balaban J connectivity index is 2.12. The predicted molar refractivity (Wildman–Crippen MR) is 140 cm³/mol. The van der Waals surface area contributed by atoms with Gasteiger partial charge in [0.15, 0.2) is 35.6 Å². The van der Waals surface area contributed by atoms with Gasteiger partial charge in [0.2, 0.25) is 35.0 Å². The molecule has 0 aromatic heterocycles. The monoisotopic (exact) mass is 655 g/mol. The van der Waals surface area contributed by atoms with E-state index in [-0.39, 0.29) is 25.9 Å². The zero-order chi connectivity index (χ0) is 34.2. The molecule has 2 rings (SSSR count). The highest BCUT2D eigenvalue weighted by atomic mass is 19.2. The number of Topliss-reactive ketones (excluding diaryl/α,β-unsaturated/α-hetero) is 1. The highest BCUT2D eigenvalue weighted by Crippen LogP contribution is 2.33. The van der Waals surface area contributed by atoms with Crippen molar-refractivity contribution in [2.75, 3.05) is 13.2 Å². The molecule has 0 spiro atoms. The number of nitrogens with one attached hydrogen (secondary N) is 1. The van der Waals surface area contributed by atoms with Crippen LogP contribution in [0.4, 0.5) is 22.0 Å². The van der Waals surface area contributed by atoms with Gasteiger partial charge in [0.1, 0.15) is 18.8 Å². The van der Waals surface area contributed by atoms with Crippen LogP contribution in [0.2, 0.25) is 0 Å². The summed E-state index contributed by atoms with van der Waals surface area (Å²) in [7, 11) is 0. The van der Waals surface area contributed by atoms with Crippen molar-refractivity contribution >= 4 is 29.6 Å². The molecule has 252 valence electrons. The molecule has 1 aromatic rings. The quantitative estimate of drug-likeness (QED) is 0.0786. The normalized spacial score (nSPS) is 21.4. The van der Waals surface area contributed by atoms with Gasteiger partial charge in [-0.15, -0.1) is 0 Å². The molecular weight excluding hydrogens is 621 g/mol. The van der Waals surface area contributed by atoms with Gasteiger partial charge < -0.3 is 33.7 Å². The summed E-state index contributed by atoms with van der Waals surface area (Å²) in [6.07, 6.45) is -5.24. The summed E-state index contributed by atoms with van der Waals surface area (Å²) >= 11 is 0. The van der Waals surface area contributed by atoms with Crippen LogP contribution in [0.25, 0.3) is 0 Å². The first-order valence-corrected chi connectivity index (χ1v) is 13.6. The Bertz CT molecular complexity index is 1260. The van der Waals surface area contributed by atoms with E-state index in [2.05, 4.69) is 5.32 Å². The number of esters is 3. The molecule has 45 heavy (non-hydrogen) atoms. The first-order valence-electron chi connectivity index (χ1n) is 13.6. The second-order valence-electron chi connectivity index (χ2n) is 10.5. The lowest BCUT2D eigenvalue weighted by molar-refractivity contribution is -0.277. The number of halogens is 5. The lowest BCUT2D eigenvalue weighted by Gasteiger charge is -2.44. The van der Waals surface area contributed by atoms with E-state index < -0.39 is 107 Å². The van der Waals surface area contributed by atoms with Crippen LogP contribution in [0.1, 0.15) is 60.8 Å². The molecular formula is C28H34F5NO11. The van der Waals surface area contributed by atoms with E-state index in [1.54, 1.807) is 0 Å². The number of carbonyl (C=O) groups excluding carboxylic acids is 5. The molecule has 1 amide bonds. The Morgan fingerprint density at radius 3 is 1.82 bits per heavy atom. The fourth-order valence-corrected chi connectivity index (χ4v) is 4.31. The number of ether oxygens (including phenoxy) is 6. The zero-order valence-corrected chi connectivity index (χ0v) is 25.3. The number of hydrogen-bond donors (Lipinski definition) is 1. The maximum Gasteiger partial charge on any atom is 0.303 e. The minimum atomic E-state index is -2.37. The van der Waals surface area contributed by atoms with Crippen molar-refractivity contribution in [2.45, 2.75) is 97.0 Å². The minimum Gasteiger partial charge on any atom is -0.474 e. The van der Waals surface area contributed by atoms with E-state index in [9.17, 15) is 45.9 Å². The Morgan fingerprint density at radius 1 is 0.778 bits per heavy atom. The molecule has 0 saturated carbocycles. The van der Waals surface area contributed by atoms with Crippen LogP contribution < -0.4 is 10.1 Å². The van der Waals surface area contributed by atoms with Crippen LogP contribution in [-0.4, -0.2) is 79.1 Å². The Labute approximate surface area is 254 Å². The molecule has 1 aliphatic heterocycles. The number of unbranched alkanes of at least 4 members (excludes halogenated alkanes) is 1. The average Bonchev–Trinajstić information content (AvgIpc) is 2.93. The first kappa shape index (κ1) is 37.3. The van der Waals surface area contributed by atoms with Crippen molar-refractivity contribution in [3.63, 3.8) is 0 Å². The van der Waals surface area contributed by atoms with Gasteiger partial charge in [-0.25, -0.2) is 13.2 Å². The molecule has 17 heteroatoms. The Kier molecular flexibility index (Phi) is 13.2. The molecule has 0 unspecified atom stereocenters. The van der Waals surface area contributed by atoms with Gasteiger partial charge in [-0.05, 0) is 26.7 Å². The summed E-state index contributed by atoms with van der Waals surface area (Å²) in [5.41, 5.74) is -1.99. The summed E-state index contributed by atoms with van der Waals surface area (Å²) < 4.78 is 101. The number of ketones is 1. The summed E-state index contributed by atoms with van der Waals surface area (Å²) in [5.74, 6) is -16.5. The molecule has 5 atom stereocenters. The molecule has 0 bridgehead atoms. The molecule has 1 N–H and O–H groups in total. The fourth-order valence-electron chi connectivity index (χ4n) is 4.31. The van der Waals surface area contributed by atoms with Gasteiger partial charge in [-0.2, -0.15) is 8.78 Å². The second-order valence-corrected chi connectivity index (χ2v) is 10.5. The van der Waals surface area contributed by atoms with E-state index in [1.165, 1.54) is 0 Å². The number of amides is 1. The summed E-state index contributed by atoms with van der Waals surface area (Å²) in [4.78, 5) is 59.9. The van der Waals surface area contributed by atoms with Gasteiger partial charge in [0, 0.05) is 40.7 Å². The largest absolute Gasteiger partial charge is 0.474 e. The Morgan fingerprint density at radius 2 is 1.31 bits per heavy atom.